The van der Waals surface area contributed by atoms with Gasteiger partial charge in [-0.2, -0.15) is 0 Å². The molecule has 2 rings (SSSR count). The van der Waals surface area contributed by atoms with Gasteiger partial charge in [-0.1, -0.05) is 19.1 Å². The molecular formula is C16H26N2. The Balaban J connectivity index is 1.70. The molecule has 1 aromatic rings. The number of nitrogens with zero attached hydrogens (tertiary/aromatic N) is 1. The first-order chi connectivity index (χ1) is 8.74. The van der Waals surface area contributed by atoms with Gasteiger partial charge in [0.15, 0.2) is 0 Å². The van der Waals surface area contributed by atoms with Crippen LogP contribution in [-0.4, -0.2) is 24.5 Å². The van der Waals surface area contributed by atoms with Gasteiger partial charge in [0.25, 0.3) is 0 Å². The van der Waals surface area contributed by atoms with Crippen LogP contribution in [0.1, 0.15) is 38.2 Å². The summed E-state index contributed by atoms with van der Waals surface area (Å²) in [6, 6.07) is 8.31. The van der Waals surface area contributed by atoms with Crippen molar-refractivity contribution in [1.29, 1.82) is 0 Å². The van der Waals surface area contributed by atoms with E-state index in [4.69, 9.17) is 5.73 Å². The second-order valence-electron chi connectivity index (χ2n) is 5.72. The lowest BCUT2D eigenvalue weighted by Gasteiger charge is -2.19. The summed E-state index contributed by atoms with van der Waals surface area (Å²) >= 11 is 0. The molecule has 2 N–H and O–H groups in total. The van der Waals surface area contributed by atoms with Crippen LogP contribution in [0.3, 0.4) is 0 Å². The molecule has 0 saturated carbocycles. The number of anilines is 1. The van der Waals surface area contributed by atoms with E-state index in [0.29, 0.717) is 0 Å². The van der Waals surface area contributed by atoms with Crippen molar-refractivity contribution >= 4 is 5.69 Å². The molecule has 2 heteroatoms. The fourth-order valence-electron chi connectivity index (χ4n) is 2.74. The Morgan fingerprint density at radius 1 is 1.17 bits per heavy atom. The molecule has 18 heavy (non-hydrogen) atoms. The summed E-state index contributed by atoms with van der Waals surface area (Å²) in [6.07, 6.45) is 6.60. The first kappa shape index (κ1) is 13.4. The highest BCUT2D eigenvalue weighted by Crippen LogP contribution is 2.17. The van der Waals surface area contributed by atoms with Crippen molar-refractivity contribution in [3.05, 3.63) is 29.8 Å². The highest BCUT2D eigenvalue weighted by Gasteiger charge is 2.12. The zero-order chi connectivity index (χ0) is 12.8. The van der Waals surface area contributed by atoms with Crippen LogP contribution in [0.15, 0.2) is 24.3 Å². The van der Waals surface area contributed by atoms with E-state index in [0.717, 1.165) is 11.6 Å². The smallest absolute Gasteiger partial charge is 0.0314 e. The molecule has 0 amide bonds. The molecule has 1 saturated heterocycles. The SMILES string of the molecule is CC1CCCN(CCCc2ccc(N)cc2)CC1. The molecule has 0 aliphatic carbocycles. The van der Waals surface area contributed by atoms with Crippen LogP contribution in [0.4, 0.5) is 5.69 Å². The van der Waals surface area contributed by atoms with Crippen molar-refractivity contribution in [2.75, 3.05) is 25.4 Å². The number of likely N-dealkylation sites (tertiary alicyclic amines) is 1. The monoisotopic (exact) mass is 246 g/mol. The van der Waals surface area contributed by atoms with Gasteiger partial charge in [-0.3, -0.25) is 0 Å². The highest BCUT2D eigenvalue weighted by atomic mass is 15.1. The molecule has 1 fully saturated rings. The molecule has 0 bridgehead atoms. The molecule has 100 valence electrons. The summed E-state index contributed by atoms with van der Waals surface area (Å²) in [5.41, 5.74) is 7.97. The highest BCUT2D eigenvalue weighted by molar-refractivity contribution is 5.39. The van der Waals surface area contributed by atoms with Crippen molar-refractivity contribution in [3.8, 4) is 0 Å². The summed E-state index contributed by atoms with van der Waals surface area (Å²) in [5.74, 6) is 0.923. The summed E-state index contributed by atoms with van der Waals surface area (Å²) in [4.78, 5) is 2.64. The number of hydrogen-bond acceptors (Lipinski definition) is 2. The minimum atomic E-state index is 0.861. The Labute approximate surface area is 111 Å². The van der Waals surface area contributed by atoms with Gasteiger partial charge in [0.2, 0.25) is 0 Å². The first-order valence-corrected chi connectivity index (χ1v) is 7.31. The van der Waals surface area contributed by atoms with Crippen molar-refractivity contribution in [3.63, 3.8) is 0 Å². The van der Waals surface area contributed by atoms with Gasteiger partial charge in [0, 0.05) is 5.69 Å². The lowest BCUT2D eigenvalue weighted by Crippen LogP contribution is -2.26. The summed E-state index contributed by atoms with van der Waals surface area (Å²) < 4.78 is 0. The van der Waals surface area contributed by atoms with Crippen LogP contribution in [0.25, 0.3) is 0 Å². The predicted octanol–water partition coefficient (Wildman–Crippen LogP) is 3.32. The molecule has 1 atom stereocenters. The van der Waals surface area contributed by atoms with Crippen LogP contribution in [-0.2, 0) is 6.42 Å². The van der Waals surface area contributed by atoms with Gasteiger partial charge in [0.1, 0.15) is 0 Å². The molecule has 0 aromatic heterocycles. The van der Waals surface area contributed by atoms with Crippen molar-refractivity contribution < 1.29 is 0 Å². The fraction of sp³-hybridized carbons (Fsp3) is 0.625. The number of nitrogens with two attached hydrogens (primary N) is 1. The van der Waals surface area contributed by atoms with Gasteiger partial charge in [-0.05, 0) is 75.4 Å². The van der Waals surface area contributed by atoms with E-state index >= 15 is 0 Å². The summed E-state index contributed by atoms with van der Waals surface area (Å²) in [7, 11) is 0. The molecule has 0 radical (unpaired) electrons. The van der Waals surface area contributed by atoms with Gasteiger partial charge >= 0.3 is 0 Å². The Kier molecular flexibility index (Phi) is 5.06. The molecule has 1 unspecified atom stereocenters. The Bertz CT molecular complexity index is 345. The first-order valence-electron chi connectivity index (χ1n) is 7.31. The van der Waals surface area contributed by atoms with Gasteiger partial charge in [-0.15, -0.1) is 0 Å². The fourth-order valence-corrected chi connectivity index (χ4v) is 2.74. The largest absolute Gasteiger partial charge is 0.399 e. The molecule has 1 heterocycles. The van der Waals surface area contributed by atoms with E-state index < -0.39 is 0 Å². The van der Waals surface area contributed by atoms with Crippen LogP contribution in [0.5, 0.6) is 0 Å². The number of rotatable bonds is 4. The van der Waals surface area contributed by atoms with E-state index in [1.807, 2.05) is 12.1 Å². The zero-order valence-electron chi connectivity index (χ0n) is 11.6. The van der Waals surface area contributed by atoms with Crippen molar-refractivity contribution in [2.24, 2.45) is 5.92 Å². The number of aryl methyl sites for hydroxylation is 1. The third-order valence-electron chi connectivity index (χ3n) is 4.03. The third kappa shape index (κ3) is 4.34. The standard InChI is InChI=1S/C16H26N2/c1-14-4-2-11-18(13-10-14)12-3-5-15-6-8-16(17)9-7-15/h6-9,14H,2-5,10-13,17H2,1H3. The van der Waals surface area contributed by atoms with Gasteiger partial charge in [0.05, 0.1) is 0 Å². The molecular weight excluding hydrogens is 220 g/mol. The number of benzene rings is 1. The van der Waals surface area contributed by atoms with E-state index in [1.165, 1.54) is 57.3 Å². The number of hydrogen-bond donors (Lipinski definition) is 1. The van der Waals surface area contributed by atoms with E-state index in [9.17, 15) is 0 Å². The van der Waals surface area contributed by atoms with Gasteiger partial charge in [-0.25, -0.2) is 0 Å². The van der Waals surface area contributed by atoms with Crippen LogP contribution < -0.4 is 5.73 Å². The maximum atomic E-state index is 5.69. The average molecular weight is 246 g/mol. The maximum absolute atomic E-state index is 5.69. The minimum Gasteiger partial charge on any atom is -0.399 e. The maximum Gasteiger partial charge on any atom is 0.0314 e. The normalized spacial score (nSPS) is 21.7. The lowest BCUT2D eigenvalue weighted by molar-refractivity contribution is 0.278. The zero-order valence-corrected chi connectivity index (χ0v) is 11.6. The third-order valence-corrected chi connectivity index (χ3v) is 4.03. The van der Waals surface area contributed by atoms with Crippen molar-refractivity contribution in [1.82, 2.24) is 4.90 Å². The van der Waals surface area contributed by atoms with E-state index in [2.05, 4.69) is 24.0 Å². The quantitative estimate of drug-likeness (QED) is 0.826. The molecule has 1 aliphatic rings. The summed E-state index contributed by atoms with van der Waals surface area (Å²) in [5, 5.41) is 0. The van der Waals surface area contributed by atoms with Crippen LogP contribution >= 0.6 is 0 Å². The van der Waals surface area contributed by atoms with E-state index in [-0.39, 0.29) is 0 Å². The topological polar surface area (TPSA) is 29.3 Å². The van der Waals surface area contributed by atoms with Crippen molar-refractivity contribution in [2.45, 2.75) is 39.0 Å². The molecule has 1 aromatic carbocycles. The van der Waals surface area contributed by atoms with E-state index in [1.54, 1.807) is 0 Å². The average Bonchev–Trinajstić information content (AvgIpc) is 2.57. The minimum absolute atomic E-state index is 0.861. The Morgan fingerprint density at radius 2 is 1.94 bits per heavy atom. The molecule has 2 nitrogen and oxygen atoms in total. The molecule has 0 spiro atoms. The van der Waals surface area contributed by atoms with Crippen LogP contribution in [0, 0.1) is 5.92 Å². The Morgan fingerprint density at radius 3 is 2.72 bits per heavy atom. The number of nitrogen functional groups attached to an aromatic ring is 1. The predicted molar refractivity (Wildman–Crippen MR) is 78.6 cm³/mol. The Hall–Kier alpha value is -1.02. The second kappa shape index (κ2) is 6.79. The lowest BCUT2D eigenvalue weighted by atomic mass is 10.0. The van der Waals surface area contributed by atoms with Gasteiger partial charge < -0.3 is 10.6 Å². The molecule has 1 aliphatic heterocycles. The second-order valence-corrected chi connectivity index (χ2v) is 5.72. The summed E-state index contributed by atoms with van der Waals surface area (Å²) in [6.45, 7) is 6.23. The van der Waals surface area contributed by atoms with Crippen LogP contribution in [0.2, 0.25) is 0 Å².